The van der Waals surface area contributed by atoms with Gasteiger partial charge in [0.25, 0.3) is 0 Å². The molecule has 0 fully saturated rings. The molecule has 0 bridgehead atoms. The number of benzene rings is 2. The maximum absolute atomic E-state index is 12.0. The minimum absolute atomic E-state index is 0.00260. The van der Waals surface area contributed by atoms with E-state index in [-0.39, 0.29) is 5.78 Å². The van der Waals surface area contributed by atoms with E-state index in [0.29, 0.717) is 5.56 Å². The molecule has 2 aromatic carbocycles. The first-order valence-corrected chi connectivity index (χ1v) is 6.68. The van der Waals surface area contributed by atoms with E-state index in [2.05, 4.69) is 25.2 Å². The number of allylic oxidation sites excluding steroid dienone is 1. The third kappa shape index (κ3) is 3.35. The molecule has 0 saturated carbocycles. The van der Waals surface area contributed by atoms with E-state index in [4.69, 9.17) is 0 Å². The lowest BCUT2D eigenvalue weighted by Crippen LogP contribution is -1.97. The van der Waals surface area contributed by atoms with Crippen LogP contribution < -0.4 is 5.32 Å². The van der Waals surface area contributed by atoms with E-state index in [1.807, 2.05) is 43.3 Å². The van der Waals surface area contributed by atoms with Crippen LogP contribution in [0.1, 0.15) is 27.0 Å². The van der Waals surface area contributed by atoms with E-state index in [1.165, 1.54) is 11.1 Å². The topological polar surface area (TPSA) is 29.1 Å². The molecule has 0 atom stereocenters. The molecule has 2 aromatic rings. The second kappa shape index (κ2) is 6.20. The van der Waals surface area contributed by atoms with Gasteiger partial charge in [-0.25, -0.2) is 0 Å². The molecule has 0 heterocycles. The largest absolute Gasteiger partial charge is 0.361 e. The number of aryl methyl sites for hydroxylation is 2. The van der Waals surface area contributed by atoms with Crippen molar-refractivity contribution in [1.82, 2.24) is 0 Å². The van der Waals surface area contributed by atoms with E-state index in [1.54, 1.807) is 12.3 Å². The smallest absolute Gasteiger partial charge is 0.187 e. The highest BCUT2D eigenvalue weighted by Gasteiger charge is 2.01. The zero-order valence-corrected chi connectivity index (χ0v) is 12.1. The van der Waals surface area contributed by atoms with Gasteiger partial charge in [0.15, 0.2) is 5.78 Å². The predicted molar refractivity (Wildman–Crippen MR) is 84.2 cm³/mol. The van der Waals surface area contributed by atoms with Crippen molar-refractivity contribution in [2.45, 2.75) is 20.8 Å². The maximum Gasteiger partial charge on any atom is 0.187 e. The van der Waals surface area contributed by atoms with Gasteiger partial charge >= 0.3 is 0 Å². The molecular formula is C18H19NO. The van der Waals surface area contributed by atoms with Gasteiger partial charge in [-0.05, 0) is 38.0 Å². The number of hydrogen-bond acceptors (Lipinski definition) is 2. The molecule has 2 heteroatoms. The number of nitrogens with one attached hydrogen (secondary N) is 1. The van der Waals surface area contributed by atoms with Crippen LogP contribution in [0.5, 0.6) is 0 Å². The van der Waals surface area contributed by atoms with E-state index in [9.17, 15) is 4.79 Å². The van der Waals surface area contributed by atoms with Crippen molar-refractivity contribution in [3.8, 4) is 0 Å². The minimum atomic E-state index is 0.00260. The average Bonchev–Trinajstić information content (AvgIpc) is 2.44. The van der Waals surface area contributed by atoms with Gasteiger partial charge in [0, 0.05) is 23.5 Å². The second-order valence-electron chi connectivity index (χ2n) is 4.96. The third-order valence-electron chi connectivity index (χ3n) is 3.41. The lowest BCUT2D eigenvalue weighted by molar-refractivity contribution is 0.104. The van der Waals surface area contributed by atoms with E-state index < -0.39 is 0 Å². The molecule has 0 aliphatic rings. The standard InChI is InChI=1S/C18H19NO/c1-13-7-9-16(10-8-13)18(20)11-12-19-17-6-4-5-14(2)15(17)3/h4-12,19H,1-3H3/b12-11+. The lowest BCUT2D eigenvalue weighted by atomic mass is 10.1. The summed E-state index contributed by atoms with van der Waals surface area (Å²) in [6, 6.07) is 13.7. The number of ketones is 1. The maximum atomic E-state index is 12.0. The summed E-state index contributed by atoms with van der Waals surface area (Å²) < 4.78 is 0. The van der Waals surface area contributed by atoms with Gasteiger partial charge in [-0.3, -0.25) is 4.79 Å². The Hall–Kier alpha value is -2.35. The van der Waals surface area contributed by atoms with Crippen LogP contribution in [0.2, 0.25) is 0 Å². The first-order valence-electron chi connectivity index (χ1n) is 6.68. The predicted octanol–water partition coefficient (Wildman–Crippen LogP) is 4.42. The quantitative estimate of drug-likeness (QED) is 0.655. The van der Waals surface area contributed by atoms with Crippen molar-refractivity contribution in [1.29, 1.82) is 0 Å². The van der Waals surface area contributed by atoms with Gasteiger partial charge < -0.3 is 5.32 Å². The molecule has 1 N–H and O–H groups in total. The average molecular weight is 265 g/mol. The number of anilines is 1. The minimum Gasteiger partial charge on any atom is -0.361 e. The van der Waals surface area contributed by atoms with Crippen molar-refractivity contribution in [2.75, 3.05) is 5.32 Å². The Labute approximate surface area is 120 Å². The zero-order valence-electron chi connectivity index (χ0n) is 12.1. The van der Waals surface area contributed by atoms with Crippen molar-refractivity contribution < 1.29 is 4.79 Å². The summed E-state index contributed by atoms with van der Waals surface area (Å²) in [5.41, 5.74) is 5.31. The molecule has 0 spiro atoms. The number of rotatable bonds is 4. The molecule has 2 nitrogen and oxygen atoms in total. The van der Waals surface area contributed by atoms with Crippen LogP contribution in [0.25, 0.3) is 0 Å². The first-order chi connectivity index (χ1) is 9.58. The molecule has 102 valence electrons. The Bertz CT molecular complexity index is 639. The normalized spacial score (nSPS) is 10.8. The Balaban J connectivity index is 2.05. The summed E-state index contributed by atoms with van der Waals surface area (Å²) in [7, 11) is 0. The Morgan fingerprint density at radius 3 is 2.40 bits per heavy atom. The molecule has 2 rings (SSSR count). The van der Waals surface area contributed by atoms with Gasteiger partial charge in [-0.1, -0.05) is 42.0 Å². The highest BCUT2D eigenvalue weighted by molar-refractivity contribution is 6.04. The van der Waals surface area contributed by atoms with Gasteiger partial charge in [0.2, 0.25) is 0 Å². The SMILES string of the molecule is Cc1ccc(C(=O)/C=C/Nc2cccc(C)c2C)cc1. The Morgan fingerprint density at radius 2 is 1.70 bits per heavy atom. The van der Waals surface area contributed by atoms with E-state index in [0.717, 1.165) is 11.3 Å². The van der Waals surface area contributed by atoms with Crippen LogP contribution >= 0.6 is 0 Å². The second-order valence-corrected chi connectivity index (χ2v) is 4.96. The fraction of sp³-hybridized carbons (Fsp3) is 0.167. The van der Waals surface area contributed by atoms with Crippen LogP contribution in [0.15, 0.2) is 54.7 Å². The molecule has 0 radical (unpaired) electrons. The molecule has 0 aromatic heterocycles. The highest BCUT2D eigenvalue weighted by Crippen LogP contribution is 2.17. The summed E-state index contributed by atoms with van der Waals surface area (Å²) in [4.78, 5) is 12.0. The zero-order chi connectivity index (χ0) is 14.5. The third-order valence-corrected chi connectivity index (χ3v) is 3.41. The Kier molecular flexibility index (Phi) is 4.36. The molecular weight excluding hydrogens is 246 g/mol. The van der Waals surface area contributed by atoms with Crippen molar-refractivity contribution in [2.24, 2.45) is 0 Å². The van der Waals surface area contributed by atoms with Gasteiger partial charge in [-0.15, -0.1) is 0 Å². The van der Waals surface area contributed by atoms with Gasteiger partial charge in [-0.2, -0.15) is 0 Å². The molecule has 0 amide bonds. The Morgan fingerprint density at radius 1 is 1.00 bits per heavy atom. The molecule has 0 unspecified atom stereocenters. The molecule has 0 aliphatic heterocycles. The van der Waals surface area contributed by atoms with Crippen LogP contribution in [0.4, 0.5) is 5.69 Å². The van der Waals surface area contributed by atoms with Crippen LogP contribution in [0.3, 0.4) is 0 Å². The van der Waals surface area contributed by atoms with Crippen molar-refractivity contribution in [3.05, 3.63) is 77.0 Å². The fourth-order valence-electron chi connectivity index (χ4n) is 1.93. The van der Waals surface area contributed by atoms with Crippen molar-refractivity contribution in [3.63, 3.8) is 0 Å². The summed E-state index contributed by atoms with van der Waals surface area (Å²) in [5.74, 6) is 0.00260. The van der Waals surface area contributed by atoms with Crippen LogP contribution in [-0.2, 0) is 0 Å². The highest BCUT2D eigenvalue weighted by atomic mass is 16.1. The summed E-state index contributed by atoms with van der Waals surface area (Å²) >= 11 is 0. The van der Waals surface area contributed by atoms with Gasteiger partial charge in [0.05, 0.1) is 0 Å². The summed E-state index contributed by atoms with van der Waals surface area (Å²) in [6.45, 7) is 6.14. The number of hydrogen-bond donors (Lipinski definition) is 1. The van der Waals surface area contributed by atoms with Crippen LogP contribution in [0, 0.1) is 20.8 Å². The monoisotopic (exact) mass is 265 g/mol. The summed E-state index contributed by atoms with van der Waals surface area (Å²) in [6.07, 6.45) is 3.26. The van der Waals surface area contributed by atoms with Crippen LogP contribution in [-0.4, -0.2) is 5.78 Å². The molecule has 0 aliphatic carbocycles. The molecule has 20 heavy (non-hydrogen) atoms. The molecule has 0 saturated heterocycles. The first kappa shape index (κ1) is 14.1. The van der Waals surface area contributed by atoms with Gasteiger partial charge in [0.1, 0.15) is 0 Å². The lowest BCUT2D eigenvalue weighted by Gasteiger charge is -2.07. The number of carbonyl (C=O) groups excluding carboxylic acids is 1. The summed E-state index contributed by atoms with van der Waals surface area (Å²) in [5, 5.41) is 3.16. The van der Waals surface area contributed by atoms with Crippen molar-refractivity contribution >= 4 is 11.5 Å². The fourth-order valence-corrected chi connectivity index (χ4v) is 1.93. The van der Waals surface area contributed by atoms with E-state index >= 15 is 0 Å². The number of carbonyl (C=O) groups is 1.